The molecular weight excluding hydrogens is 286 g/mol. The molecule has 2 N–H and O–H groups in total. The number of likely N-dealkylation sites (tertiary alicyclic amines) is 1. The monoisotopic (exact) mass is 311 g/mol. The van der Waals surface area contributed by atoms with Crippen molar-refractivity contribution in [3.8, 4) is 0 Å². The summed E-state index contributed by atoms with van der Waals surface area (Å²) < 4.78 is 0. The molecule has 1 aromatic heterocycles. The van der Waals surface area contributed by atoms with Crippen LogP contribution in [0.3, 0.4) is 0 Å². The number of rotatable bonds is 5. The minimum absolute atomic E-state index is 0.0190. The van der Waals surface area contributed by atoms with Crippen LogP contribution in [0.1, 0.15) is 29.4 Å². The number of aromatic nitrogens is 1. The lowest BCUT2D eigenvalue weighted by atomic mass is 10.2. The molecule has 0 saturated carbocycles. The normalized spacial score (nSPS) is 18.5. The molecule has 0 aromatic carbocycles. The van der Waals surface area contributed by atoms with Gasteiger partial charge in [-0.1, -0.05) is 18.3 Å². The molecule has 2 heterocycles. The number of hydrogen-bond donors (Lipinski definition) is 1. The van der Waals surface area contributed by atoms with E-state index >= 15 is 0 Å². The van der Waals surface area contributed by atoms with Crippen molar-refractivity contribution in [3.63, 3.8) is 0 Å². The molecule has 1 amide bonds. The third-order valence-corrected chi connectivity index (χ3v) is 5.08. The summed E-state index contributed by atoms with van der Waals surface area (Å²) in [6, 6.07) is 0.435. The van der Waals surface area contributed by atoms with E-state index in [1.54, 1.807) is 0 Å². The Morgan fingerprint density at radius 1 is 1.48 bits per heavy atom. The van der Waals surface area contributed by atoms with Gasteiger partial charge in [0, 0.05) is 32.7 Å². The number of likely N-dealkylation sites (N-methyl/N-ethyl adjacent to an activating group) is 1. The van der Waals surface area contributed by atoms with Crippen LogP contribution >= 0.6 is 11.3 Å². The third-order valence-electron chi connectivity index (χ3n) is 3.90. The van der Waals surface area contributed by atoms with Crippen molar-refractivity contribution in [2.75, 3.05) is 51.4 Å². The van der Waals surface area contributed by atoms with Crippen molar-refractivity contribution in [1.29, 1.82) is 0 Å². The number of carbonyl (C=O) groups is 1. The Labute approximate surface area is 130 Å². The Morgan fingerprint density at radius 3 is 2.76 bits per heavy atom. The summed E-state index contributed by atoms with van der Waals surface area (Å²) in [5, 5.41) is 0.820. The second kappa shape index (κ2) is 6.62. The SMILES string of the molecule is CCCN(C)c1nc(N)c(C(=O)N2CCC(N(C)C)C2)s1. The Kier molecular flexibility index (Phi) is 5.05. The first-order valence-corrected chi connectivity index (χ1v) is 8.18. The number of hydrogen-bond acceptors (Lipinski definition) is 6. The number of carbonyl (C=O) groups excluding carboxylic acids is 1. The fraction of sp³-hybridized carbons (Fsp3) is 0.714. The maximum atomic E-state index is 12.6. The van der Waals surface area contributed by atoms with Gasteiger partial charge >= 0.3 is 0 Å². The lowest BCUT2D eigenvalue weighted by Crippen LogP contribution is -2.34. The third kappa shape index (κ3) is 3.47. The van der Waals surface area contributed by atoms with E-state index in [1.807, 2.05) is 16.8 Å². The van der Waals surface area contributed by atoms with Gasteiger partial charge in [-0.2, -0.15) is 0 Å². The number of thiazole rings is 1. The molecule has 1 aliphatic rings. The van der Waals surface area contributed by atoms with E-state index in [-0.39, 0.29) is 5.91 Å². The molecule has 0 spiro atoms. The van der Waals surface area contributed by atoms with Crippen molar-refractivity contribution in [2.24, 2.45) is 0 Å². The molecule has 6 nitrogen and oxygen atoms in total. The number of nitrogens with two attached hydrogens (primary N) is 1. The molecule has 1 aliphatic heterocycles. The zero-order valence-electron chi connectivity index (χ0n) is 13.3. The van der Waals surface area contributed by atoms with Crippen LogP contribution in [0.15, 0.2) is 0 Å². The molecular formula is C14H25N5OS. The van der Waals surface area contributed by atoms with Gasteiger partial charge in [-0.15, -0.1) is 0 Å². The fourth-order valence-electron chi connectivity index (χ4n) is 2.56. The highest BCUT2D eigenvalue weighted by molar-refractivity contribution is 7.18. The van der Waals surface area contributed by atoms with Crippen LogP contribution in [-0.4, -0.2) is 67.5 Å². The molecule has 21 heavy (non-hydrogen) atoms. The quantitative estimate of drug-likeness (QED) is 0.889. The van der Waals surface area contributed by atoms with Crippen LogP contribution in [0.25, 0.3) is 0 Å². The zero-order valence-corrected chi connectivity index (χ0v) is 14.1. The standard InChI is InChI=1S/C14H25N5OS/c1-5-7-18(4)14-16-12(15)11(21-14)13(20)19-8-6-10(9-19)17(2)3/h10H,5-9,15H2,1-4H3. The van der Waals surface area contributed by atoms with Gasteiger partial charge in [-0.05, 0) is 26.9 Å². The van der Waals surface area contributed by atoms with Crippen LogP contribution in [0.5, 0.6) is 0 Å². The maximum absolute atomic E-state index is 12.6. The van der Waals surface area contributed by atoms with Crippen molar-refractivity contribution >= 4 is 28.2 Å². The highest BCUT2D eigenvalue weighted by Crippen LogP contribution is 2.29. The first-order chi connectivity index (χ1) is 9.93. The molecule has 1 fully saturated rings. The molecule has 1 aromatic rings. The minimum Gasteiger partial charge on any atom is -0.382 e. The smallest absolute Gasteiger partial charge is 0.267 e. The van der Waals surface area contributed by atoms with Crippen molar-refractivity contribution in [3.05, 3.63) is 4.88 Å². The van der Waals surface area contributed by atoms with Crippen LogP contribution in [0.4, 0.5) is 10.9 Å². The average Bonchev–Trinajstić information content (AvgIpc) is 3.05. The highest BCUT2D eigenvalue weighted by atomic mass is 32.1. The number of nitrogens with zero attached hydrogens (tertiary/aromatic N) is 4. The van der Waals surface area contributed by atoms with Gasteiger partial charge in [-0.3, -0.25) is 4.79 Å². The Balaban J connectivity index is 2.10. The number of nitrogen functional groups attached to an aromatic ring is 1. The van der Waals surface area contributed by atoms with Gasteiger partial charge < -0.3 is 20.4 Å². The maximum Gasteiger partial charge on any atom is 0.267 e. The van der Waals surface area contributed by atoms with Gasteiger partial charge in [0.05, 0.1) is 0 Å². The summed E-state index contributed by atoms with van der Waals surface area (Å²) in [5.41, 5.74) is 5.95. The molecule has 1 unspecified atom stereocenters. The summed E-state index contributed by atoms with van der Waals surface area (Å²) in [5.74, 6) is 0.377. The second-order valence-corrected chi connectivity index (χ2v) is 6.77. The van der Waals surface area contributed by atoms with Crippen LogP contribution in [-0.2, 0) is 0 Å². The Bertz CT molecular complexity index is 502. The summed E-state index contributed by atoms with van der Waals surface area (Å²) >= 11 is 1.40. The van der Waals surface area contributed by atoms with Crippen molar-refractivity contribution in [2.45, 2.75) is 25.8 Å². The summed E-state index contributed by atoms with van der Waals surface area (Å²) in [4.78, 5) is 23.6. The molecule has 1 saturated heterocycles. The van der Waals surface area contributed by atoms with Crippen LogP contribution < -0.4 is 10.6 Å². The van der Waals surface area contributed by atoms with Gasteiger partial charge in [0.25, 0.3) is 5.91 Å². The van der Waals surface area contributed by atoms with Crippen LogP contribution in [0.2, 0.25) is 0 Å². The first-order valence-electron chi connectivity index (χ1n) is 7.37. The predicted octanol–water partition coefficient (Wildman–Crippen LogP) is 1.35. The Morgan fingerprint density at radius 2 is 2.19 bits per heavy atom. The predicted molar refractivity (Wildman–Crippen MR) is 88.1 cm³/mol. The van der Waals surface area contributed by atoms with Gasteiger partial charge in [0.15, 0.2) is 5.13 Å². The topological polar surface area (TPSA) is 65.7 Å². The summed E-state index contributed by atoms with van der Waals surface area (Å²) in [6.45, 7) is 4.58. The van der Waals surface area contributed by atoms with Gasteiger partial charge in [0.2, 0.25) is 0 Å². The van der Waals surface area contributed by atoms with E-state index in [0.717, 1.165) is 37.6 Å². The second-order valence-electron chi connectivity index (χ2n) is 5.79. The lowest BCUT2D eigenvalue weighted by Gasteiger charge is -2.20. The molecule has 2 rings (SSSR count). The van der Waals surface area contributed by atoms with E-state index in [1.165, 1.54) is 11.3 Å². The van der Waals surface area contributed by atoms with Gasteiger partial charge in [-0.25, -0.2) is 4.98 Å². The first kappa shape index (κ1) is 16.0. The molecule has 0 radical (unpaired) electrons. The largest absolute Gasteiger partial charge is 0.382 e. The van der Waals surface area contributed by atoms with E-state index < -0.39 is 0 Å². The number of amides is 1. The molecule has 1 atom stereocenters. The van der Waals surface area contributed by atoms with Crippen molar-refractivity contribution in [1.82, 2.24) is 14.8 Å². The zero-order chi connectivity index (χ0) is 15.6. The molecule has 0 aliphatic carbocycles. The van der Waals surface area contributed by atoms with Crippen LogP contribution in [0, 0.1) is 0 Å². The molecule has 7 heteroatoms. The average molecular weight is 311 g/mol. The number of anilines is 2. The lowest BCUT2D eigenvalue weighted by molar-refractivity contribution is 0.0788. The van der Waals surface area contributed by atoms with Crippen molar-refractivity contribution < 1.29 is 4.79 Å². The van der Waals surface area contributed by atoms with E-state index in [2.05, 4.69) is 30.9 Å². The molecule has 118 valence electrons. The van der Waals surface area contributed by atoms with Gasteiger partial charge in [0.1, 0.15) is 10.7 Å². The van der Waals surface area contributed by atoms with E-state index in [9.17, 15) is 4.79 Å². The highest BCUT2D eigenvalue weighted by Gasteiger charge is 2.30. The fourth-order valence-corrected chi connectivity index (χ4v) is 3.50. The minimum atomic E-state index is 0.0190. The Hall–Kier alpha value is -1.34. The summed E-state index contributed by atoms with van der Waals surface area (Å²) in [6.07, 6.45) is 2.05. The summed E-state index contributed by atoms with van der Waals surface area (Å²) in [7, 11) is 6.09. The molecule has 0 bridgehead atoms. The van der Waals surface area contributed by atoms with E-state index in [0.29, 0.717) is 16.7 Å². The van der Waals surface area contributed by atoms with E-state index in [4.69, 9.17) is 5.73 Å².